The van der Waals surface area contributed by atoms with Gasteiger partial charge in [-0.15, -0.1) is 0 Å². The fourth-order valence-electron chi connectivity index (χ4n) is 1.10. The van der Waals surface area contributed by atoms with E-state index in [2.05, 4.69) is 0 Å². The summed E-state index contributed by atoms with van der Waals surface area (Å²) < 4.78 is 0. The van der Waals surface area contributed by atoms with Crippen LogP contribution in [0.1, 0.15) is 11.1 Å². The fourth-order valence-corrected chi connectivity index (χ4v) is 1.10. The maximum atomic E-state index is 8.88. The molecule has 2 nitrogen and oxygen atoms in total. The second-order valence-electron chi connectivity index (χ2n) is 2.63. The molecule has 3 N–H and O–H groups in total. The molecular weight excluding hydrogens is 137 g/mol. The normalized spacial score (nSPS) is 10.0. The molecule has 0 unspecified atom stereocenters. The summed E-state index contributed by atoms with van der Waals surface area (Å²) in [6.45, 7) is 0.574. The van der Waals surface area contributed by atoms with Gasteiger partial charge < -0.3 is 10.8 Å². The largest absolute Gasteiger partial charge is 0.392 e. The molecule has 0 amide bonds. The van der Waals surface area contributed by atoms with Gasteiger partial charge in [0.15, 0.2) is 0 Å². The Bertz CT molecular complexity index is 250. The van der Waals surface area contributed by atoms with E-state index in [0.29, 0.717) is 6.54 Å². The summed E-state index contributed by atoms with van der Waals surface area (Å²) in [5, 5.41) is 8.88. The van der Waals surface area contributed by atoms with Crippen LogP contribution >= 0.6 is 0 Å². The third-order valence-electron chi connectivity index (χ3n) is 1.75. The Morgan fingerprint density at radius 1 is 1.36 bits per heavy atom. The van der Waals surface area contributed by atoms with Crippen LogP contribution in [0.3, 0.4) is 0 Å². The van der Waals surface area contributed by atoms with Crippen LogP contribution in [0, 0.1) is 0 Å². The molecule has 1 rings (SSSR count). The molecule has 0 fully saturated rings. The Kier molecular flexibility index (Phi) is 2.68. The Morgan fingerprint density at radius 2 is 2.09 bits per heavy atom. The first-order valence-electron chi connectivity index (χ1n) is 3.67. The summed E-state index contributed by atoms with van der Waals surface area (Å²) in [7, 11) is 2.01. The Labute approximate surface area is 67.4 Å². The van der Waals surface area contributed by atoms with E-state index in [1.54, 1.807) is 0 Å². The molecule has 0 aliphatic rings. The van der Waals surface area contributed by atoms with Crippen molar-refractivity contribution in [1.29, 1.82) is 0 Å². The molecule has 58 valence electrons. The van der Waals surface area contributed by atoms with Gasteiger partial charge in [0.25, 0.3) is 0 Å². The van der Waals surface area contributed by atoms with Crippen LogP contribution in [0.25, 0.3) is 0 Å². The molecule has 0 radical (unpaired) electrons. The lowest BCUT2D eigenvalue weighted by molar-refractivity contribution is 0.280. The Morgan fingerprint density at radius 3 is 2.64 bits per heavy atom. The number of aliphatic hydroxyl groups excluding tert-OH is 1. The number of hydrogen-bond acceptors (Lipinski definition) is 2. The van der Waals surface area contributed by atoms with Crippen LogP contribution in [-0.4, -0.2) is 13.0 Å². The van der Waals surface area contributed by atoms with Crippen molar-refractivity contribution in [3.63, 3.8) is 0 Å². The van der Waals surface area contributed by atoms with Gasteiger partial charge in [-0.1, -0.05) is 23.7 Å². The van der Waals surface area contributed by atoms with Gasteiger partial charge in [-0.05, 0) is 11.1 Å². The van der Waals surface area contributed by atoms with Gasteiger partial charge in [0.05, 0.1) is 6.61 Å². The topological polar surface area (TPSA) is 46.2 Å². The minimum atomic E-state index is 0.0762. The van der Waals surface area contributed by atoms with Gasteiger partial charge in [0.2, 0.25) is 0 Å². The van der Waals surface area contributed by atoms with Gasteiger partial charge in [-0.2, -0.15) is 0 Å². The summed E-state index contributed by atoms with van der Waals surface area (Å²) in [5.74, 6) is 0. The van der Waals surface area contributed by atoms with E-state index < -0.39 is 0 Å². The summed E-state index contributed by atoms with van der Waals surface area (Å²) in [5.41, 5.74) is 8.63. The van der Waals surface area contributed by atoms with Crippen LogP contribution in [-0.2, 0) is 13.2 Å². The minimum Gasteiger partial charge on any atom is -0.392 e. The first-order valence-corrected chi connectivity index (χ1v) is 3.67. The summed E-state index contributed by atoms with van der Waals surface area (Å²) in [6, 6.07) is 5.90. The maximum absolute atomic E-state index is 8.88. The van der Waals surface area contributed by atoms with E-state index in [4.69, 9.17) is 10.8 Å². The molecule has 0 heterocycles. The van der Waals surface area contributed by atoms with Crippen LogP contribution < -0.4 is 11.2 Å². The molecule has 0 aliphatic heterocycles. The zero-order valence-corrected chi connectivity index (χ0v) is 6.67. The van der Waals surface area contributed by atoms with Gasteiger partial charge >= 0.3 is 0 Å². The highest BCUT2D eigenvalue weighted by atomic mass is 16.3. The van der Waals surface area contributed by atoms with E-state index in [0.717, 1.165) is 11.1 Å². The van der Waals surface area contributed by atoms with Crippen LogP contribution in [0.15, 0.2) is 18.2 Å². The van der Waals surface area contributed by atoms with E-state index in [-0.39, 0.29) is 6.61 Å². The fraction of sp³-hybridized carbons (Fsp3) is 0.250. The first-order chi connectivity index (χ1) is 5.27. The summed E-state index contributed by atoms with van der Waals surface area (Å²) >= 11 is 0. The zero-order chi connectivity index (χ0) is 8.27. The number of rotatable bonds is 2. The lowest BCUT2D eigenvalue weighted by Gasteiger charge is -2.04. The number of nitrogens with two attached hydrogens (primary N) is 1. The monoisotopic (exact) mass is 149 g/mol. The number of aliphatic hydroxyl groups is 1. The van der Waals surface area contributed by atoms with Crippen molar-refractivity contribution in [1.82, 2.24) is 0 Å². The smallest absolute Gasteiger partial charge is 0.139 e. The molecule has 1 aromatic rings. The van der Waals surface area contributed by atoms with E-state index >= 15 is 0 Å². The lowest BCUT2D eigenvalue weighted by Crippen LogP contribution is -2.09. The Balaban J connectivity index is 3.06. The predicted molar refractivity (Wildman–Crippen MR) is 48.4 cm³/mol. The van der Waals surface area contributed by atoms with Gasteiger partial charge in [0, 0.05) is 6.54 Å². The number of benzene rings is 1. The highest BCUT2D eigenvalue weighted by Crippen LogP contribution is 2.05. The van der Waals surface area contributed by atoms with Gasteiger partial charge in [-0.3, -0.25) is 0 Å². The van der Waals surface area contributed by atoms with Crippen molar-refractivity contribution in [3.8, 4) is 0 Å². The zero-order valence-electron chi connectivity index (χ0n) is 6.67. The van der Waals surface area contributed by atoms with Crippen molar-refractivity contribution >= 4 is 13.3 Å². The van der Waals surface area contributed by atoms with Crippen LogP contribution in [0.4, 0.5) is 0 Å². The first kappa shape index (κ1) is 8.30. The number of hydrogen-bond donors (Lipinski definition) is 2. The lowest BCUT2D eigenvalue weighted by atomic mass is 9.92. The summed E-state index contributed by atoms with van der Waals surface area (Å²) in [4.78, 5) is 0. The molecule has 0 bridgehead atoms. The Hall–Kier alpha value is -0.795. The minimum absolute atomic E-state index is 0.0762. The second kappa shape index (κ2) is 3.55. The van der Waals surface area contributed by atoms with Crippen LogP contribution in [0.2, 0.25) is 0 Å². The van der Waals surface area contributed by atoms with Gasteiger partial charge in [-0.25, -0.2) is 0 Å². The average molecular weight is 149 g/mol. The molecule has 11 heavy (non-hydrogen) atoms. The summed E-state index contributed by atoms with van der Waals surface area (Å²) in [6.07, 6.45) is 0. The molecule has 0 saturated carbocycles. The molecule has 1 aromatic carbocycles. The SMILES string of the molecule is Bc1ccc(CO)c(CN)c1. The van der Waals surface area contributed by atoms with Crippen molar-refractivity contribution in [3.05, 3.63) is 29.3 Å². The van der Waals surface area contributed by atoms with Crippen molar-refractivity contribution in [2.24, 2.45) is 5.73 Å². The molecule has 0 aromatic heterocycles. The maximum Gasteiger partial charge on any atom is 0.139 e. The molecular formula is C8H12BNO. The van der Waals surface area contributed by atoms with E-state index in [1.165, 1.54) is 5.46 Å². The van der Waals surface area contributed by atoms with E-state index in [1.807, 2.05) is 26.0 Å². The highest BCUT2D eigenvalue weighted by Gasteiger charge is 1.98. The second-order valence-corrected chi connectivity index (χ2v) is 2.63. The highest BCUT2D eigenvalue weighted by molar-refractivity contribution is 6.32. The van der Waals surface area contributed by atoms with Gasteiger partial charge in [0.1, 0.15) is 7.85 Å². The van der Waals surface area contributed by atoms with Crippen molar-refractivity contribution < 1.29 is 5.11 Å². The molecule has 0 aliphatic carbocycles. The van der Waals surface area contributed by atoms with Crippen molar-refractivity contribution in [2.45, 2.75) is 13.2 Å². The molecule has 0 atom stereocenters. The molecule has 0 spiro atoms. The average Bonchev–Trinajstić information content (AvgIpc) is 2.04. The molecule has 3 heteroatoms. The predicted octanol–water partition coefficient (Wildman–Crippen LogP) is -1.10. The van der Waals surface area contributed by atoms with Crippen molar-refractivity contribution in [2.75, 3.05) is 0 Å². The third kappa shape index (κ3) is 1.82. The molecule has 0 saturated heterocycles. The van der Waals surface area contributed by atoms with Crippen LogP contribution in [0.5, 0.6) is 0 Å². The van der Waals surface area contributed by atoms with E-state index in [9.17, 15) is 0 Å². The quantitative estimate of drug-likeness (QED) is 0.524. The third-order valence-corrected chi connectivity index (χ3v) is 1.75. The standard InChI is InChI=1S/C8H12BNO/c9-8-2-1-6(5-11)7(3-8)4-10/h1-3,11H,4-5,9-10H2.